The van der Waals surface area contributed by atoms with Gasteiger partial charge in [-0.05, 0) is 25.7 Å². The number of aliphatic hydroxyl groups is 1. The number of hydrogen-bond acceptors (Lipinski definition) is 3. The van der Waals surface area contributed by atoms with Crippen molar-refractivity contribution in [2.75, 3.05) is 19.8 Å². The molecular weight excluding hydrogens is 216 g/mol. The van der Waals surface area contributed by atoms with Crippen LogP contribution < -0.4 is 0 Å². The van der Waals surface area contributed by atoms with Gasteiger partial charge < -0.3 is 14.6 Å². The monoisotopic (exact) mass is 246 g/mol. The van der Waals surface area contributed by atoms with Crippen LogP contribution in [0.15, 0.2) is 0 Å². The molecule has 1 N–H and O–H groups in total. The maximum absolute atomic E-state index is 8.87. The number of rotatable bonds is 11. The van der Waals surface area contributed by atoms with Crippen molar-refractivity contribution in [3.8, 4) is 0 Å². The first kappa shape index (κ1) is 16.9. The van der Waals surface area contributed by atoms with Crippen LogP contribution in [0.4, 0.5) is 0 Å². The zero-order valence-corrected chi connectivity index (χ0v) is 12.0. The molecule has 0 aliphatic rings. The van der Waals surface area contributed by atoms with Gasteiger partial charge in [-0.2, -0.15) is 0 Å². The molecule has 0 aromatic rings. The normalized spacial score (nSPS) is 13.9. The van der Waals surface area contributed by atoms with Crippen LogP contribution in [-0.2, 0) is 9.47 Å². The third-order valence-electron chi connectivity index (χ3n) is 3.45. The minimum atomic E-state index is -0.181. The van der Waals surface area contributed by atoms with E-state index in [1.807, 2.05) is 0 Å². The predicted octanol–water partition coefficient (Wildman–Crippen LogP) is 3.15. The van der Waals surface area contributed by atoms with E-state index in [9.17, 15) is 0 Å². The highest BCUT2D eigenvalue weighted by Crippen LogP contribution is 2.29. The average Bonchev–Trinajstić information content (AvgIpc) is 2.37. The van der Waals surface area contributed by atoms with E-state index in [0.717, 1.165) is 38.7 Å². The molecule has 0 radical (unpaired) electrons. The average molecular weight is 246 g/mol. The van der Waals surface area contributed by atoms with Gasteiger partial charge in [0.15, 0.2) is 0 Å². The molecule has 0 saturated heterocycles. The Morgan fingerprint density at radius 1 is 1.06 bits per heavy atom. The molecule has 0 amide bonds. The highest BCUT2D eigenvalue weighted by atomic mass is 16.6. The second kappa shape index (κ2) is 9.86. The van der Waals surface area contributed by atoms with E-state index >= 15 is 0 Å². The summed E-state index contributed by atoms with van der Waals surface area (Å²) >= 11 is 0. The van der Waals surface area contributed by atoms with Crippen molar-refractivity contribution in [2.24, 2.45) is 0 Å². The Kier molecular flexibility index (Phi) is 9.79. The number of unbranched alkanes of at least 4 members (excludes halogenated alkanes) is 1. The van der Waals surface area contributed by atoms with Crippen molar-refractivity contribution in [1.29, 1.82) is 0 Å². The zero-order chi connectivity index (χ0) is 13.1. The molecule has 104 valence electrons. The van der Waals surface area contributed by atoms with Gasteiger partial charge in [0.1, 0.15) is 0 Å². The van der Waals surface area contributed by atoms with Gasteiger partial charge in [0, 0.05) is 6.61 Å². The Morgan fingerprint density at radius 3 is 2.12 bits per heavy atom. The van der Waals surface area contributed by atoms with Crippen LogP contribution in [0.2, 0.25) is 0 Å². The van der Waals surface area contributed by atoms with E-state index in [4.69, 9.17) is 14.6 Å². The molecule has 1 unspecified atom stereocenters. The van der Waals surface area contributed by atoms with E-state index in [1.165, 1.54) is 0 Å². The fourth-order valence-electron chi connectivity index (χ4n) is 2.26. The van der Waals surface area contributed by atoms with E-state index < -0.39 is 0 Å². The largest absolute Gasteiger partial charge is 0.394 e. The van der Waals surface area contributed by atoms with Crippen LogP contribution in [-0.4, -0.2) is 36.6 Å². The first-order valence-electron chi connectivity index (χ1n) is 7.07. The maximum Gasteiger partial charge on any atom is 0.0937 e. The second-order valence-corrected chi connectivity index (χ2v) is 4.47. The van der Waals surface area contributed by atoms with Crippen molar-refractivity contribution in [1.82, 2.24) is 0 Å². The Balaban J connectivity index is 4.49. The van der Waals surface area contributed by atoms with Crippen molar-refractivity contribution in [2.45, 2.75) is 71.5 Å². The number of hydrogen-bond donors (Lipinski definition) is 1. The van der Waals surface area contributed by atoms with Crippen LogP contribution in [0.3, 0.4) is 0 Å². The van der Waals surface area contributed by atoms with Gasteiger partial charge in [0.2, 0.25) is 0 Å². The van der Waals surface area contributed by atoms with Crippen molar-refractivity contribution in [3.05, 3.63) is 0 Å². The lowest BCUT2D eigenvalue weighted by Crippen LogP contribution is -2.46. The van der Waals surface area contributed by atoms with Gasteiger partial charge in [-0.25, -0.2) is 0 Å². The van der Waals surface area contributed by atoms with Crippen molar-refractivity contribution < 1.29 is 14.6 Å². The molecule has 0 aromatic carbocycles. The topological polar surface area (TPSA) is 38.7 Å². The summed E-state index contributed by atoms with van der Waals surface area (Å²) in [6, 6.07) is 0. The number of ether oxygens (including phenoxy) is 2. The first-order valence-corrected chi connectivity index (χ1v) is 7.07. The van der Waals surface area contributed by atoms with Crippen LogP contribution in [0, 0.1) is 0 Å². The van der Waals surface area contributed by atoms with E-state index in [1.54, 1.807) is 0 Å². The Labute approximate surface area is 107 Å². The fourth-order valence-corrected chi connectivity index (χ4v) is 2.26. The molecule has 0 spiro atoms. The third kappa shape index (κ3) is 5.36. The van der Waals surface area contributed by atoms with Crippen LogP contribution in [0.25, 0.3) is 0 Å². The minimum Gasteiger partial charge on any atom is -0.394 e. The van der Waals surface area contributed by atoms with Gasteiger partial charge in [-0.15, -0.1) is 0 Å². The van der Waals surface area contributed by atoms with Gasteiger partial charge >= 0.3 is 0 Å². The quantitative estimate of drug-likeness (QED) is 0.569. The SMILES string of the molecule is CCCCOC(CC)(CC)C(CC)OCCO. The maximum atomic E-state index is 8.87. The summed E-state index contributed by atoms with van der Waals surface area (Å²) in [6.07, 6.45) is 5.17. The molecule has 0 aliphatic heterocycles. The Hall–Kier alpha value is -0.120. The molecule has 0 aromatic heterocycles. The molecule has 0 heterocycles. The predicted molar refractivity (Wildman–Crippen MR) is 71.3 cm³/mol. The van der Waals surface area contributed by atoms with E-state index in [-0.39, 0.29) is 18.3 Å². The molecular formula is C14H30O3. The molecule has 0 aliphatic carbocycles. The summed E-state index contributed by atoms with van der Waals surface area (Å²) in [6.45, 7) is 9.87. The molecule has 1 atom stereocenters. The van der Waals surface area contributed by atoms with E-state index in [2.05, 4.69) is 27.7 Å². The summed E-state index contributed by atoms with van der Waals surface area (Å²) in [5, 5.41) is 8.87. The molecule has 0 fully saturated rings. The highest BCUT2D eigenvalue weighted by Gasteiger charge is 2.36. The molecule has 0 saturated carbocycles. The lowest BCUT2D eigenvalue weighted by molar-refractivity contribution is -0.155. The smallest absolute Gasteiger partial charge is 0.0937 e. The van der Waals surface area contributed by atoms with Gasteiger partial charge in [-0.1, -0.05) is 34.1 Å². The lowest BCUT2D eigenvalue weighted by Gasteiger charge is -2.39. The summed E-state index contributed by atoms with van der Waals surface area (Å²) in [7, 11) is 0. The summed E-state index contributed by atoms with van der Waals surface area (Å²) in [5.41, 5.74) is -0.181. The van der Waals surface area contributed by atoms with Crippen molar-refractivity contribution >= 4 is 0 Å². The van der Waals surface area contributed by atoms with Crippen molar-refractivity contribution in [3.63, 3.8) is 0 Å². The summed E-state index contributed by atoms with van der Waals surface area (Å²) < 4.78 is 11.9. The molecule has 0 bridgehead atoms. The second-order valence-electron chi connectivity index (χ2n) is 4.47. The Bertz CT molecular complexity index is 167. The highest BCUT2D eigenvalue weighted by molar-refractivity contribution is 4.87. The summed E-state index contributed by atoms with van der Waals surface area (Å²) in [4.78, 5) is 0. The third-order valence-corrected chi connectivity index (χ3v) is 3.45. The first-order chi connectivity index (χ1) is 8.20. The van der Waals surface area contributed by atoms with Crippen LogP contribution >= 0.6 is 0 Å². The molecule has 17 heavy (non-hydrogen) atoms. The Morgan fingerprint density at radius 2 is 1.71 bits per heavy atom. The van der Waals surface area contributed by atoms with Gasteiger partial charge in [0.25, 0.3) is 0 Å². The minimum absolute atomic E-state index is 0.0783. The van der Waals surface area contributed by atoms with Crippen LogP contribution in [0.5, 0.6) is 0 Å². The van der Waals surface area contributed by atoms with E-state index in [0.29, 0.717) is 6.61 Å². The standard InChI is InChI=1S/C14H30O3/c1-5-9-11-17-14(7-3,8-4)13(6-2)16-12-10-15/h13,15H,5-12H2,1-4H3. The molecule has 3 nitrogen and oxygen atoms in total. The molecule has 0 rings (SSSR count). The zero-order valence-electron chi connectivity index (χ0n) is 12.0. The number of aliphatic hydroxyl groups excluding tert-OH is 1. The molecule has 3 heteroatoms. The van der Waals surface area contributed by atoms with Gasteiger partial charge in [-0.3, -0.25) is 0 Å². The lowest BCUT2D eigenvalue weighted by atomic mass is 9.88. The van der Waals surface area contributed by atoms with Crippen LogP contribution in [0.1, 0.15) is 59.8 Å². The van der Waals surface area contributed by atoms with Gasteiger partial charge in [0.05, 0.1) is 24.9 Å². The fraction of sp³-hybridized carbons (Fsp3) is 1.00. The summed E-state index contributed by atoms with van der Waals surface area (Å²) in [5.74, 6) is 0.